The smallest absolute Gasteiger partial charge is 0.212 e. The second-order valence-corrected chi connectivity index (χ2v) is 8.36. The summed E-state index contributed by atoms with van der Waals surface area (Å²) in [5, 5.41) is 0. The topological polar surface area (TPSA) is 40.6 Å². The average Bonchev–Trinajstić information content (AvgIpc) is 2.40. The van der Waals surface area contributed by atoms with E-state index in [0.29, 0.717) is 6.04 Å². The molecular formula is C12H26N2O2S. The van der Waals surface area contributed by atoms with Crippen LogP contribution < -0.4 is 0 Å². The molecule has 0 amide bonds. The molecule has 0 bridgehead atoms. The predicted molar refractivity (Wildman–Crippen MR) is 71.2 cm³/mol. The van der Waals surface area contributed by atoms with Crippen molar-refractivity contribution in [3.05, 3.63) is 0 Å². The van der Waals surface area contributed by atoms with Gasteiger partial charge in [0.15, 0.2) is 0 Å². The molecule has 4 nitrogen and oxygen atoms in total. The van der Waals surface area contributed by atoms with Crippen LogP contribution in [0.15, 0.2) is 0 Å². The Balaban J connectivity index is 3.21. The maximum atomic E-state index is 12.0. The normalized spacial score (nSPS) is 29.2. The van der Waals surface area contributed by atoms with Crippen molar-refractivity contribution >= 4 is 10.0 Å². The molecular weight excluding hydrogens is 236 g/mol. The molecule has 0 radical (unpaired) electrons. The monoisotopic (exact) mass is 262 g/mol. The Bertz CT molecular complexity index is 370. The lowest BCUT2D eigenvalue weighted by Gasteiger charge is -2.40. The molecule has 2 atom stereocenters. The van der Waals surface area contributed by atoms with Crippen molar-refractivity contribution in [3.8, 4) is 0 Å². The first-order valence-electron chi connectivity index (χ1n) is 6.20. The lowest BCUT2D eigenvalue weighted by Crippen LogP contribution is -2.52. The van der Waals surface area contributed by atoms with Crippen molar-refractivity contribution < 1.29 is 8.42 Å². The van der Waals surface area contributed by atoms with Crippen LogP contribution in [0.1, 0.15) is 41.5 Å². The Hall–Kier alpha value is -0.130. The van der Waals surface area contributed by atoms with Gasteiger partial charge in [-0.05, 0) is 26.2 Å². The molecule has 1 rings (SSSR count). The highest BCUT2D eigenvalue weighted by atomic mass is 32.2. The number of sulfonamides is 1. The van der Waals surface area contributed by atoms with Crippen LogP contribution in [0.25, 0.3) is 0 Å². The van der Waals surface area contributed by atoms with Crippen molar-refractivity contribution in [2.45, 2.75) is 59.8 Å². The molecule has 1 aliphatic heterocycles. The van der Waals surface area contributed by atoms with Gasteiger partial charge >= 0.3 is 0 Å². The van der Waals surface area contributed by atoms with E-state index in [-0.39, 0.29) is 17.6 Å². The van der Waals surface area contributed by atoms with Crippen molar-refractivity contribution in [3.63, 3.8) is 0 Å². The minimum Gasteiger partial charge on any atom is -0.283 e. The second kappa shape index (κ2) is 4.52. The van der Waals surface area contributed by atoms with Gasteiger partial charge in [0.2, 0.25) is 10.0 Å². The fraction of sp³-hybridized carbons (Fsp3) is 1.00. The minimum atomic E-state index is -3.16. The molecule has 1 heterocycles. The molecule has 1 unspecified atom stereocenters. The summed E-state index contributed by atoms with van der Waals surface area (Å²) in [6.07, 6.45) is 1.26. The first kappa shape index (κ1) is 14.9. The molecule has 1 fully saturated rings. The van der Waals surface area contributed by atoms with E-state index in [1.165, 1.54) is 6.26 Å². The minimum absolute atomic E-state index is 0.0486. The van der Waals surface area contributed by atoms with Gasteiger partial charge in [-0.3, -0.25) is 4.90 Å². The van der Waals surface area contributed by atoms with E-state index in [9.17, 15) is 8.42 Å². The fourth-order valence-electron chi connectivity index (χ4n) is 2.75. The summed E-state index contributed by atoms with van der Waals surface area (Å²) < 4.78 is 25.6. The van der Waals surface area contributed by atoms with E-state index in [1.54, 1.807) is 4.31 Å². The maximum Gasteiger partial charge on any atom is 0.212 e. The molecule has 0 aliphatic carbocycles. The van der Waals surface area contributed by atoms with Gasteiger partial charge in [0.1, 0.15) is 0 Å². The van der Waals surface area contributed by atoms with Crippen molar-refractivity contribution in [1.29, 1.82) is 0 Å². The predicted octanol–water partition coefficient (Wildman–Crippen LogP) is 1.73. The zero-order valence-corrected chi connectivity index (χ0v) is 12.9. The number of hydrogen-bond donors (Lipinski definition) is 0. The van der Waals surface area contributed by atoms with Gasteiger partial charge < -0.3 is 0 Å². The van der Waals surface area contributed by atoms with Crippen LogP contribution in [-0.4, -0.2) is 48.7 Å². The first-order chi connectivity index (χ1) is 7.46. The largest absolute Gasteiger partial charge is 0.283 e. The van der Waals surface area contributed by atoms with E-state index in [1.807, 2.05) is 6.92 Å². The van der Waals surface area contributed by atoms with Gasteiger partial charge in [0.05, 0.1) is 12.4 Å². The average molecular weight is 262 g/mol. The molecule has 0 aromatic carbocycles. The van der Waals surface area contributed by atoms with E-state index >= 15 is 0 Å². The maximum absolute atomic E-state index is 12.0. The molecule has 0 aromatic rings. The van der Waals surface area contributed by atoms with Gasteiger partial charge in [0, 0.05) is 18.6 Å². The Morgan fingerprint density at radius 2 is 1.71 bits per heavy atom. The summed E-state index contributed by atoms with van der Waals surface area (Å²) in [4.78, 5) is 2.28. The Labute approximate surface area is 106 Å². The molecule has 0 aromatic heterocycles. The van der Waals surface area contributed by atoms with Crippen molar-refractivity contribution in [2.24, 2.45) is 5.41 Å². The third-order valence-electron chi connectivity index (χ3n) is 3.29. The molecule has 5 heteroatoms. The molecule has 102 valence electrons. The van der Waals surface area contributed by atoms with Crippen LogP contribution in [0.2, 0.25) is 0 Å². The first-order valence-corrected chi connectivity index (χ1v) is 8.05. The fourth-order valence-corrected chi connectivity index (χ4v) is 4.27. The van der Waals surface area contributed by atoms with Crippen LogP contribution in [0, 0.1) is 5.41 Å². The Kier molecular flexibility index (Phi) is 3.97. The summed E-state index contributed by atoms with van der Waals surface area (Å²) in [7, 11) is -3.16. The van der Waals surface area contributed by atoms with Crippen LogP contribution in [0.3, 0.4) is 0 Å². The molecule has 1 saturated heterocycles. The SMILES string of the molecule is CC(C)N1C[C@H](C)N(S(C)(=O)=O)C1C(C)(C)C. The lowest BCUT2D eigenvalue weighted by molar-refractivity contribution is 0.0578. The van der Waals surface area contributed by atoms with Gasteiger partial charge in [-0.15, -0.1) is 0 Å². The summed E-state index contributed by atoms with van der Waals surface area (Å²) in [5.74, 6) is 0. The van der Waals surface area contributed by atoms with Crippen LogP contribution in [-0.2, 0) is 10.0 Å². The number of hydrogen-bond acceptors (Lipinski definition) is 3. The summed E-state index contributed by atoms with van der Waals surface area (Å²) in [6, 6.07) is 0.407. The van der Waals surface area contributed by atoms with Crippen LogP contribution in [0.4, 0.5) is 0 Å². The second-order valence-electron chi connectivity index (χ2n) is 6.47. The van der Waals surface area contributed by atoms with Crippen LogP contribution >= 0.6 is 0 Å². The van der Waals surface area contributed by atoms with Gasteiger partial charge in [-0.2, -0.15) is 4.31 Å². The quantitative estimate of drug-likeness (QED) is 0.761. The molecule has 0 N–H and O–H groups in total. The third kappa shape index (κ3) is 3.01. The highest BCUT2D eigenvalue weighted by Crippen LogP contribution is 2.36. The summed E-state index contributed by atoms with van der Waals surface area (Å²) >= 11 is 0. The van der Waals surface area contributed by atoms with E-state index in [4.69, 9.17) is 0 Å². The van der Waals surface area contributed by atoms with E-state index in [2.05, 4.69) is 39.5 Å². The van der Waals surface area contributed by atoms with Crippen molar-refractivity contribution in [2.75, 3.05) is 12.8 Å². The van der Waals surface area contributed by atoms with Gasteiger partial charge in [-0.25, -0.2) is 8.42 Å². The van der Waals surface area contributed by atoms with Gasteiger partial charge in [-0.1, -0.05) is 20.8 Å². The highest BCUT2D eigenvalue weighted by molar-refractivity contribution is 7.88. The number of nitrogens with zero attached hydrogens (tertiary/aromatic N) is 2. The standard InChI is InChI=1S/C12H26N2O2S/c1-9(2)13-8-10(3)14(17(7,15)16)11(13)12(4,5)6/h9-11H,8H2,1-7H3/t10-,11?/m0/s1. The molecule has 0 spiro atoms. The Morgan fingerprint density at radius 1 is 1.24 bits per heavy atom. The van der Waals surface area contributed by atoms with E-state index < -0.39 is 10.0 Å². The summed E-state index contributed by atoms with van der Waals surface area (Å²) in [5.41, 5.74) is -0.0852. The zero-order chi connectivity index (χ0) is 13.6. The Morgan fingerprint density at radius 3 is 2.00 bits per heavy atom. The van der Waals surface area contributed by atoms with E-state index in [0.717, 1.165) is 6.54 Å². The number of rotatable bonds is 2. The summed E-state index contributed by atoms with van der Waals surface area (Å²) in [6.45, 7) is 13.3. The molecule has 17 heavy (non-hydrogen) atoms. The highest BCUT2D eigenvalue weighted by Gasteiger charge is 2.48. The van der Waals surface area contributed by atoms with Crippen LogP contribution in [0.5, 0.6) is 0 Å². The molecule has 1 aliphatic rings. The zero-order valence-electron chi connectivity index (χ0n) is 12.1. The lowest BCUT2D eigenvalue weighted by atomic mass is 9.91. The van der Waals surface area contributed by atoms with Crippen molar-refractivity contribution in [1.82, 2.24) is 9.21 Å². The third-order valence-corrected chi connectivity index (χ3v) is 4.61. The van der Waals surface area contributed by atoms with Gasteiger partial charge in [0.25, 0.3) is 0 Å². The molecule has 0 saturated carbocycles.